The zero-order valence-corrected chi connectivity index (χ0v) is 7.77. The largest absolute Gasteiger partial charge is 0.452 e. The number of carbonyl (C=O) groups excluding carboxylic acids is 1. The molecule has 0 rings (SSSR count). The summed E-state index contributed by atoms with van der Waals surface area (Å²) >= 11 is 5.92. The Kier molecular flexibility index (Phi) is 6.79. The summed E-state index contributed by atoms with van der Waals surface area (Å²) in [7, 11) is 0. The second-order valence-electron chi connectivity index (χ2n) is 1.08. The lowest BCUT2D eigenvalue weighted by molar-refractivity contribution is -0.145. The standard InChI is InChI=1S/C4H6Br2O3/c5-2-8-1-4(7)9-3-6/h1-3H2. The molecule has 9 heavy (non-hydrogen) atoms. The van der Waals surface area contributed by atoms with Crippen LogP contribution in [0, 0.1) is 0 Å². The summed E-state index contributed by atoms with van der Waals surface area (Å²) in [5.74, 6) is -0.369. The fourth-order valence-electron chi connectivity index (χ4n) is 0.224. The van der Waals surface area contributed by atoms with Crippen LogP contribution in [0.2, 0.25) is 0 Å². The van der Waals surface area contributed by atoms with Gasteiger partial charge in [-0.1, -0.05) is 15.9 Å². The summed E-state index contributed by atoms with van der Waals surface area (Å²) in [5.41, 5.74) is 0.571. The third-order valence-electron chi connectivity index (χ3n) is 0.513. The van der Waals surface area contributed by atoms with Crippen molar-refractivity contribution in [2.45, 2.75) is 0 Å². The number of hydrogen-bond acceptors (Lipinski definition) is 3. The van der Waals surface area contributed by atoms with E-state index in [2.05, 4.69) is 41.3 Å². The van der Waals surface area contributed by atoms with Crippen molar-refractivity contribution in [1.29, 1.82) is 0 Å². The average molecular weight is 262 g/mol. The minimum atomic E-state index is -0.369. The molecule has 0 saturated carbocycles. The minimum absolute atomic E-state index is 0.00313. The summed E-state index contributed by atoms with van der Waals surface area (Å²) in [5, 5.41) is 0. The van der Waals surface area contributed by atoms with Gasteiger partial charge >= 0.3 is 5.97 Å². The van der Waals surface area contributed by atoms with E-state index in [4.69, 9.17) is 0 Å². The highest BCUT2D eigenvalue weighted by molar-refractivity contribution is 9.09. The van der Waals surface area contributed by atoms with Crippen LogP contribution in [0.15, 0.2) is 0 Å². The highest BCUT2D eigenvalue weighted by atomic mass is 79.9. The zero-order chi connectivity index (χ0) is 7.11. The molecule has 0 bridgehead atoms. The monoisotopic (exact) mass is 260 g/mol. The number of alkyl halides is 2. The molecule has 0 atom stereocenters. The van der Waals surface area contributed by atoms with Crippen molar-refractivity contribution in [3.8, 4) is 0 Å². The second-order valence-corrected chi connectivity index (χ2v) is 2.00. The van der Waals surface area contributed by atoms with E-state index in [0.29, 0.717) is 5.52 Å². The van der Waals surface area contributed by atoms with E-state index in [-0.39, 0.29) is 18.1 Å². The molecule has 3 nitrogen and oxygen atoms in total. The van der Waals surface area contributed by atoms with Gasteiger partial charge in [-0.25, -0.2) is 4.79 Å². The average Bonchev–Trinajstić information content (AvgIpc) is 1.85. The maximum absolute atomic E-state index is 10.4. The van der Waals surface area contributed by atoms with Gasteiger partial charge in [-0.2, -0.15) is 0 Å². The fraction of sp³-hybridized carbons (Fsp3) is 0.750. The molecular weight excluding hydrogens is 256 g/mol. The Labute approximate surface area is 70.0 Å². The number of ether oxygens (including phenoxy) is 2. The van der Waals surface area contributed by atoms with Crippen LogP contribution in [0.3, 0.4) is 0 Å². The van der Waals surface area contributed by atoms with Crippen LogP contribution in [0.1, 0.15) is 0 Å². The van der Waals surface area contributed by atoms with E-state index in [1.807, 2.05) is 0 Å². The summed E-state index contributed by atoms with van der Waals surface area (Å²) in [6.07, 6.45) is 0. The smallest absolute Gasteiger partial charge is 0.332 e. The first-order valence-electron chi connectivity index (χ1n) is 2.16. The molecule has 0 spiro atoms. The van der Waals surface area contributed by atoms with Gasteiger partial charge in [0.25, 0.3) is 0 Å². The third-order valence-corrected chi connectivity index (χ3v) is 1.07. The number of rotatable bonds is 4. The predicted molar refractivity (Wildman–Crippen MR) is 39.6 cm³/mol. The lowest BCUT2D eigenvalue weighted by atomic mass is 10.7. The van der Waals surface area contributed by atoms with Crippen LogP contribution in [-0.2, 0) is 14.3 Å². The van der Waals surface area contributed by atoms with Crippen molar-refractivity contribution in [3.05, 3.63) is 0 Å². The van der Waals surface area contributed by atoms with Gasteiger partial charge in [0.05, 0.1) is 0 Å². The minimum Gasteiger partial charge on any atom is -0.452 e. The van der Waals surface area contributed by atoms with Crippen LogP contribution in [-0.4, -0.2) is 23.6 Å². The molecular formula is C4H6Br2O3. The van der Waals surface area contributed by atoms with Crippen molar-refractivity contribution in [3.63, 3.8) is 0 Å². The molecule has 0 radical (unpaired) electrons. The highest BCUT2D eigenvalue weighted by Gasteiger charge is 1.98. The van der Waals surface area contributed by atoms with Crippen LogP contribution >= 0.6 is 31.9 Å². The molecule has 0 aliphatic heterocycles. The van der Waals surface area contributed by atoms with Crippen LogP contribution < -0.4 is 0 Å². The SMILES string of the molecule is O=C(COCBr)OCBr. The number of esters is 1. The molecule has 0 fully saturated rings. The Morgan fingerprint density at radius 1 is 1.33 bits per heavy atom. The molecule has 0 unspecified atom stereocenters. The summed E-state index contributed by atoms with van der Waals surface area (Å²) in [6.45, 7) is -0.00313. The molecule has 0 aliphatic carbocycles. The lowest BCUT2D eigenvalue weighted by Crippen LogP contribution is -2.10. The second kappa shape index (κ2) is 6.51. The third kappa shape index (κ3) is 6.27. The molecule has 0 aromatic heterocycles. The van der Waals surface area contributed by atoms with E-state index >= 15 is 0 Å². The van der Waals surface area contributed by atoms with Gasteiger partial charge in [-0.3, -0.25) is 0 Å². The highest BCUT2D eigenvalue weighted by Crippen LogP contribution is 1.87. The molecule has 5 heteroatoms. The molecule has 0 aromatic carbocycles. The van der Waals surface area contributed by atoms with Crippen molar-refractivity contribution < 1.29 is 14.3 Å². The van der Waals surface area contributed by atoms with E-state index in [1.165, 1.54) is 0 Å². The van der Waals surface area contributed by atoms with Gasteiger partial charge in [0.2, 0.25) is 0 Å². The number of carbonyl (C=O) groups is 1. The molecule has 0 N–H and O–H groups in total. The van der Waals surface area contributed by atoms with E-state index in [9.17, 15) is 4.79 Å². The fourth-order valence-corrected chi connectivity index (χ4v) is 0.642. The van der Waals surface area contributed by atoms with Crippen molar-refractivity contribution >= 4 is 37.8 Å². The van der Waals surface area contributed by atoms with Gasteiger partial charge in [-0.15, -0.1) is 0 Å². The Bertz CT molecular complexity index is 85.9. The normalized spacial score (nSPS) is 9.11. The molecule has 0 aromatic rings. The van der Waals surface area contributed by atoms with Gasteiger partial charge in [0.1, 0.15) is 17.6 Å². The molecule has 54 valence electrons. The van der Waals surface area contributed by atoms with Gasteiger partial charge in [0.15, 0.2) is 0 Å². The summed E-state index contributed by atoms with van der Waals surface area (Å²) in [4.78, 5) is 10.4. The molecule has 0 heterocycles. The lowest BCUT2D eigenvalue weighted by Gasteiger charge is -1.98. The van der Waals surface area contributed by atoms with Crippen LogP contribution in [0.25, 0.3) is 0 Å². The summed E-state index contributed by atoms with van der Waals surface area (Å²) < 4.78 is 9.14. The quantitative estimate of drug-likeness (QED) is 0.565. The molecule has 0 amide bonds. The van der Waals surface area contributed by atoms with Gasteiger partial charge in [-0.05, 0) is 15.9 Å². The topological polar surface area (TPSA) is 35.5 Å². The Hall–Kier alpha value is 0.390. The Morgan fingerprint density at radius 2 is 2.00 bits per heavy atom. The van der Waals surface area contributed by atoms with Crippen molar-refractivity contribution in [2.75, 3.05) is 17.6 Å². The first kappa shape index (κ1) is 9.39. The van der Waals surface area contributed by atoms with E-state index in [1.54, 1.807) is 0 Å². The van der Waals surface area contributed by atoms with Gasteiger partial charge in [0, 0.05) is 0 Å². The maximum atomic E-state index is 10.4. The van der Waals surface area contributed by atoms with Crippen molar-refractivity contribution in [2.24, 2.45) is 0 Å². The molecule has 0 saturated heterocycles. The maximum Gasteiger partial charge on any atom is 0.332 e. The number of hydrogen-bond donors (Lipinski definition) is 0. The van der Waals surface area contributed by atoms with E-state index in [0.717, 1.165) is 0 Å². The summed E-state index contributed by atoms with van der Waals surface area (Å²) in [6, 6.07) is 0. The first-order valence-corrected chi connectivity index (χ1v) is 4.41. The zero-order valence-electron chi connectivity index (χ0n) is 4.60. The number of halogens is 2. The first-order chi connectivity index (χ1) is 4.31. The van der Waals surface area contributed by atoms with Crippen LogP contribution in [0.5, 0.6) is 0 Å². The Morgan fingerprint density at radius 3 is 2.44 bits per heavy atom. The molecule has 0 aliphatic rings. The van der Waals surface area contributed by atoms with Gasteiger partial charge < -0.3 is 9.47 Å². The Balaban J connectivity index is 3.06. The predicted octanol–water partition coefficient (Wildman–Crippen LogP) is 1.25. The van der Waals surface area contributed by atoms with Crippen molar-refractivity contribution in [1.82, 2.24) is 0 Å². The van der Waals surface area contributed by atoms with E-state index < -0.39 is 0 Å². The van der Waals surface area contributed by atoms with Crippen LogP contribution in [0.4, 0.5) is 0 Å².